The molecule has 0 radical (unpaired) electrons. The van der Waals surface area contributed by atoms with Gasteiger partial charge in [-0.2, -0.15) is 0 Å². The van der Waals surface area contributed by atoms with Crippen LogP contribution < -0.4 is 0 Å². The Morgan fingerprint density at radius 1 is 0.284 bits per heavy atom. The second kappa shape index (κ2) is 62.9. The molecule has 0 amide bonds. The molecule has 6 nitrogen and oxygen atoms in total. The summed E-state index contributed by atoms with van der Waals surface area (Å²) in [7, 11) is 0. The van der Waals surface area contributed by atoms with E-state index in [0.717, 1.165) is 77.0 Å². The fraction of sp³-hybridized carbons (Fsp3) is 0.838. The summed E-state index contributed by atoms with van der Waals surface area (Å²) in [5, 5.41) is 0. The second-order valence-electron chi connectivity index (χ2n) is 22.0. The van der Waals surface area contributed by atoms with Gasteiger partial charge in [-0.3, -0.25) is 14.4 Å². The van der Waals surface area contributed by atoms with Gasteiger partial charge in [-0.05, 0) is 57.8 Å². The molecule has 0 bridgehead atoms. The molecule has 74 heavy (non-hydrogen) atoms. The Bertz CT molecular complexity index is 1280. The topological polar surface area (TPSA) is 78.9 Å². The maximum absolute atomic E-state index is 12.8. The van der Waals surface area contributed by atoms with E-state index in [9.17, 15) is 14.4 Å². The Kier molecular flexibility index (Phi) is 60.7. The van der Waals surface area contributed by atoms with Gasteiger partial charge in [-0.15, -0.1) is 0 Å². The van der Waals surface area contributed by atoms with Gasteiger partial charge in [0.1, 0.15) is 13.2 Å². The fourth-order valence-corrected chi connectivity index (χ4v) is 9.73. The molecule has 0 saturated carbocycles. The molecule has 0 spiro atoms. The van der Waals surface area contributed by atoms with Gasteiger partial charge in [0.05, 0.1) is 0 Å². The second-order valence-corrected chi connectivity index (χ2v) is 22.0. The third-order valence-corrected chi connectivity index (χ3v) is 14.6. The van der Waals surface area contributed by atoms with Crippen molar-refractivity contribution >= 4 is 17.9 Å². The molecule has 0 aromatic rings. The van der Waals surface area contributed by atoms with Crippen LogP contribution >= 0.6 is 0 Å². The first-order valence-electron chi connectivity index (χ1n) is 32.6. The molecule has 0 aromatic carbocycles. The highest BCUT2D eigenvalue weighted by atomic mass is 16.6. The molecule has 432 valence electrons. The zero-order valence-electron chi connectivity index (χ0n) is 49.6. The molecule has 1 atom stereocenters. The minimum atomic E-state index is -0.791. The summed E-state index contributed by atoms with van der Waals surface area (Å²) in [5.74, 6) is -0.912. The maximum Gasteiger partial charge on any atom is 0.306 e. The van der Waals surface area contributed by atoms with E-state index in [1.807, 2.05) is 0 Å². The molecular formula is C68H124O6. The molecule has 6 heteroatoms. The van der Waals surface area contributed by atoms with Crippen molar-refractivity contribution in [2.75, 3.05) is 13.2 Å². The summed E-state index contributed by atoms with van der Waals surface area (Å²) in [6, 6.07) is 0. The van der Waals surface area contributed by atoms with Gasteiger partial charge < -0.3 is 14.2 Å². The SMILES string of the molecule is CC/C=C\C/C=C\C/C=C\C/C=C\CCCCC(=O)OC(COC(=O)CCCCCCCCCCCC)COC(=O)CCCCCCCCCCCCCCCCCCCCCCCCCCCCCCCCC. The van der Waals surface area contributed by atoms with Crippen LogP contribution in [0.5, 0.6) is 0 Å². The van der Waals surface area contributed by atoms with E-state index < -0.39 is 6.10 Å². The third kappa shape index (κ3) is 60.2. The lowest BCUT2D eigenvalue weighted by Crippen LogP contribution is -2.30. The number of hydrogen-bond acceptors (Lipinski definition) is 6. The number of esters is 3. The van der Waals surface area contributed by atoms with Crippen LogP contribution in [0.2, 0.25) is 0 Å². The number of ether oxygens (including phenoxy) is 3. The van der Waals surface area contributed by atoms with Crippen molar-refractivity contribution in [3.05, 3.63) is 48.6 Å². The molecule has 0 heterocycles. The van der Waals surface area contributed by atoms with Crippen LogP contribution in [0, 0.1) is 0 Å². The lowest BCUT2D eigenvalue weighted by Gasteiger charge is -2.18. The van der Waals surface area contributed by atoms with Crippen molar-refractivity contribution < 1.29 is 28.6 Å². The molecule has 0 rings (SSSR count). The number of rotatable bonds is 60. The van der Waals surface area contributed by atoms with E-state index in [4.69, 9.17) is 14.2 Å². The summed E-state index contributed by atoms with van der Waals surface area (Å²) in [6.07, 6.45) is 78.8. The van der Waals surface area contributed by atoms with Crippen LogP contribution in [-0.2, 0) is 28.6 Å². The van der Waals surface area contributed by atoms with Crippen molar-refractivity contribution in [2.24, 2.45) is 0 Å². The highest BCUT2D eigenvalue weighted by Crippen LogP contribution is 2.18. The van der Waals surface area contributed by atoms with Gasteiger partial charge >= 0.3 is 17.9 Å². The van der Waals surface area contributed by atoms with Gasteiger partial charge in [-0.1, -0.05) is 320 Å². The molecule has 1 unspecified atom stereocenters. The largest absolute Gasteiger partial charge is 0.462 e. The van der Waals surface area contributed by atoms with Crippen LogP contribution in [0.15, 0.2) is 48.6 Å². The lowest BCUT2D eigenvalue weighted by molar-refractivity contribution is -0.167. The molecule has 0 N–H and O–H groups in total. The van der Waals surface area contributed by atoms with Gasteiger partial charge in [0.2, 0.25) is 0 Å². The molecule has 0 saturated heterocycles. The van der Waals surface area contributed by atoms with Gasteiger partial charge in [0.15, 0.2) is 6.10 Å². The van der Waals surface area contributed by atoms with Gasteiger partial charge in [0.25, 0.3) is 0 Å². The standard InChI is InChI=1S/C68H124O6/c1-4-7-10-13-16-19-22-24-26-27-28-29-30-31-32-33-34-35-36-37-38-39-40-41-43-44-46-49-52-55-58-61-67(70)73-64-65(63-72-66(69)60-57-54-51-48-21-18-15-12-9-6-3)74-68(71)62-59-56-53-50-47-45-42-25-23-20-17-14-11-8-5-2/h8,11,17,20,25,42,47,50,65H,4-7,9-10,12-16,18-19,21-24,26-41,43-46,48-49,51-64H2,1-3H3/b11-8-,20-17-,42-25-,50-47-. The van der Waals surface area contributed by atoms with E-state index in [2.05, 4.69) is 69.4 Å². The van der Waals surface area contributed by atoms with Crippen LogP contribution in [0.25, 0.3) is 0 Å². The van der Waals surface area contributed by atoms with E-state index in [-0.39, 0.29) is 37.5 Å². The van der Waals surface area contributed by atoms with Crippen LogP contribution in [0.1, 0.15) is 348 Å². The first-order valence-corrected chi connectivity index (χ1v) is 32.6. The van der Waals surface area contributed by atoms with E-state index in [1.165, 1.54) is 225 Å². The summed E-state index contributed by atoms with van der Waals surface area (Å²) in [6.45, 7) is 6.52. The number of carbonyl (C=O) groups is 3. The molecule has 0 aliphatic rings. The van der Waals surface area contributed by atoms with Gasteiger partial charge in [-0.25, -0.2) is 0 Å². The zero-order chi connectivity index (χ0) is 53.6. The van der Waals surface area contributed by atoms with Crippen molar-refractivity contribution in [3.8, 4) is 0 Å². The third-order valence-electron chi connectivity index (χ3n) is 14.6. The lowest BCUT2D eigenvalue weighted by atomic mass is 10.0. The maximum atomic E-state index is 12.8. The average Bonchev–Trinajstić information content (AvgIpc) is 3.40. The first kappa shape index (κ1) is 71.4. The Hall–Kier alpha value is -2.63. The predicted molar refractivity (Wildman–Crippen MR) is 321 cm³/mol. The number of hydrogen-bond donors (Lipinski definition) is 0. The Morgan fingerprint density at radius 2 is 0.527 bits per heavy atom. The van der Waals surface area contributed by atoms with Crippen LogP contribution in [0.4, 0.5) is 0 Å². The monoisotopic (exact) mass is 1040 g/mol. The fourth-order valence-electron chi connectivity index (χ4n) is 9.73. The quantitative estimate of drug-likeness (QED) is 0.0261. The molecule has 0 fully saturated rings. The average molecular weight is 1040 g/mol. The number of carbonyl (C=O) groups excluding carboxylic acids is 3. The Balaban J connectivity index is 4.08. The highest BCUT2D eigenvalue weighted by Gasteiger charge is 2.19. The van der Waals surface area contributed by atoms with E-state index in [0.29, 0.717) is 19.3 Å². The van der Waals surface area contributed by atoms with Crippen LogP contribution in [0.3, 0.4) is 0 Å². The zero-order valence-corrected chi connectivity index (χ0v) is 49.6. The summed E-state index contributed by atoms with van der Waals surface area (Å²) >= 11 is 0. The summed E-state index contributed by atoms with van der Waals surface area (Å²) < 4.78 is 16.8. The Morgan fingerprint density at radius 3 is 0.824 bits per heavy atom. The van der Waals surface area contributed by atoms with E-state index >= 15 is 0 Å². The number of unbranched alkanes of at least 4 members (excludes halogenated alkanes) is 41. The van der Waals surface area contributed by atoms with E-state index in [1.54, 1.807) is 0 Å². The normalized spacial score (nSPS) is 12.3. The molecule has 0 aliphatic heterocycles. The van der Waals surface area contributed by atoms with Crippen molar-refractivity contribution in [3.63, 3.8) is 0 Å². The Labute approximate surface area is 460 Å². The number of allylic oxidation sites excluding steroid dienone is 8. The summed E-state index contributed by atoms with van der Waals surface area (Å²) in [4.78, 5) is 38.1. The highest BCUT2D eigenvalue weighted by molar-refractivity contribution is 5.71. The smallest absolute Gasteiger partial charge is 0.306 e. The van der Waals surface area contributed by atoms with Gasteiger partial charge in [0, 0.05) is 19.3 Å². The predicted octanol–water partition coefficient (Wildman–Crippen LogP) is 22.2. The van der Waals surface area contributed by atoms with Crippen molar-refractivity contribution in [1.82, 2.24) is 0 Å². The minimum absolute atomic E-state index is 0.0856. The molecule has 0 aromatic heterocycles. The van der Waals surface area contributed by atoms with Crippen LogP contribution in [-0.4, -0.2) is 37.2 Å². The van der Waals surface area contributed by atoms with Crippen molar-refractivity contribution in [1.29, 1.82) is 0 Å². The summed E-state index contributed by atoms with van der Waals surface area (Å²) in [5.41, 5.74) is 0. The molecular weight excluding hydrogens is 913 g/mol. The minimum Gasteiger partial charge on any atom is -0.462 e. The molecule has 0 aliphatic carbocycles. The first-order chi connectivity index (χ1) is 36.5. The van der Waals surface area contributed by atoms with Crippen molar-refractivity contribution in [2.45, 2.75) is 354 Å².